The maximum absolute atomic E-state index is 12.8. The number of rotatable bonds is 6. The molecule has 4 aromatic rings. The molecule has 0 spiro atoms. The lowest BCUT2D eigenvalue weighted by atomic mass is 10.1. The molecular weight excluding hydrogens is 448 g/mol. The van der Waals surface area contributed by atoms with Crippen molar-refractivity contribution >= 4 is 23.4 Å². The number of nitrogens with one attached hydrogen (secondary N) is 1. The zero-order valence-corrected chi connectivity index (χ0v) is 18.9. The number of hydrogen-bond acceptors (Lipinski definition) is 7. The van der Waals surface area contributed by atoms with Gasteiger partial charge in [-0.15, -0.1) is 0 Å². The number of anilines is 1. The number of nitrogens with zero attached hydrogens (tertiary/aromatic N) is 5. The normalized spacial score (nSPS) is 13.5. The van der Waals surface area contributed by atoms with Crippen LogP contribution in [-0.4, -0.2) is 48.4 Å². The highest BCUT2D eigenvalue weighted by Crippen LogP contribution is 2.26. The summed E-state index contributed by atoms with van der Waals surface area (Å²) in [5.41, 5.74) is 1.09. The zero-order valence-electron chi connectivity index (χ0n) is 18.9. The molecule has 10 nitrogen and oxygen atoms in total. The standard InChI is InChI=1S/C25H20N6O4/c1-15(31-24(33)19-6-3-4-7-20(19)25(31)34)23(32)29-17-8-10-18(11-9-17)35-22-14-21(27-16(2)28-22)30-13-5-12-26-30/h3-15H,1-2H3,(H,29,32). The monoisotopic (exact) mass is 468 g/mol. The molecule has 174 valence electrons. The van der Waals surface area contributed by atoms with E-state index in [1.165, 1.54) is 6.92 Å². The van der Waals surface area contributed by atoms with Crippen molar-refractivity contribution in [2.45, 2.75) is 19.9 Å². The first kappa shape index (κ1) is 22.0. The van der Waals surface area contributed by atoms with Gasteiger partial charge < -0.3 is 10.1 Å². The highest BCUT2D eigenvalue weighted by atomic mass is 16.5. The minimum absolute atomic E-state index is 0.300. The number of hydrogen-bond donors (Lipinski definition) is 1. The summed E-state index contributed by atoms with van der Waals surface area (Å²) in [7, 11) is 0. The number of imide groups is 1. The zero-order chi connectivity index (χ0) is 24.5. The smallest absolute Gasteiger partial charge is 0.262 e. The van der Waals surface area contributed by atoms with E-state index in [0.29, 0.717) is 40.1 Å². The van der Waals surface area contributed by atoms with Gasteiger partial charge in [0.25, 0.3) is 11.8 Å². The number of fused-ring (bicyclic) bond motifs is 1. The maximum Gasteiger partial charge on any atom is 0.262 e. The molecule has 0 aliphatic carbocycles. The third-order valence-corrected chi connectivity index (χ3v) is 5.48. The summed E-state index contributed by atoms with van der Waals surface area (Å²) in [5, 5.41) is 6.90. The van der Waals surface area contributed by atoms with E-state index in [2.05, 4.69) is 20.4 Å². The van der Waals surface area contributed by atoms with E-state index < -0.39 is 23.8 Å². The fraction of sp³-hybridized carbons (Fsp3) is 0.120. The molecule has 1 aliphatic heterocycles. The van der Waals surface area contributed by atoms with Crippen molar-refractivity contribution in [1.82, 2.24) is 24.6 Å². The van der Waals surface area contributed by atoms with Gasteiger partial charge in [-0.25, -0.2) is 9.67 Å². The lowest BCUT2D eigenvalue weighted by Crippen LogP contribution is -2.45. The van der Waals surface area contributed by atoms with Crippen LogP contribution in [0.25, 0.3) is 5.82 Å². The number of ether oxygens (including phenoxy) is 1. The second-order valence-electron chi connectivity index (χ2n) is 7.88. The number of aryl methyl sites for hydroxylation is 1. The summed E-state index contributed by atoms with van der Waals surface area (Å²) in [5.74, 6) is 0.504. The molecule has 1 unspecified atom stereocenters. The van der Waals surface area contributed by atoms with Crippen molar-refractivity contribution in [3.63, 3.8) is 0 Å². The third-order valence-electron chi connectivity index (χ3n) is 5.48. The first-order valence-electron chi connectivity index (χ1n) is 10.8. The summed E-state index contributed by atoms with van der Waals surface area (Å²) < 4.78 is 7.45. The van der Waals surface area contributed by atoms with E-state index in [9.17, 15) is 14.4 Å². The summed E-state index contributed by atoms with van der Waals surface area (Å²) in [6.45, 7) is 3.27. The Morgan fingerprint density at radius 1 is 0.971 bits per heavy atom. The third kappa shape index (κ3) is 4.24. The molecule has 1 atom stereocenters. The molecule has 0 radical (unpaired) electrons. The van der Waals surface area contributed by atoms with Crippen molar-refractivity contribution in [2.24, 2.45) is 0 Å². The Labute approximate surface area is 200 Å². The Hall–Kier alpha value is -4.86. The Morgan fingerprint density at radius 2 is 1.66 bits per heavy atom. The highest BCUT2D eigenvalue weighted by Gasteiger charge is 2.40. The number of aromatic nitrogens is 4. The first-order chi connectivity index (χ1) is 16.9. The van der Waals surface area contributed by atoms with Crippen molar-refractivity contribution in [3.8, 4) is 17.4 Å². The predicted octanol–water partition coefficient (Wildman–Crippen LogP) is 3.39. The van der Waals surface area contributed by atoms with Crippen molar-refractivity contribution < 1.29 is 19.1 Å². The number of carbonyl (C=O) groups excluding carboxylic acids is 3. The SMILES string of the molecule is Cc1nc(Oc2ccc(NC(=O)C(C)N3C(=O)c4ccccc4C3=O)cc2)cc(-n2cccn2)n1. The van der Waals surface area contributed by atoms with E-state index in [-0.39, 0.29) is 0 Å². The minimum atomic E-state index is -0.983. The molecule has 3 heterocycles. The summed E-state index contributed by atoms with van der Waals surface area (Å²) in [4.78, 5) is 47.7. The van der Waals surface area contributed by atoms with Gasteiger partial charge in [-0.1, -0.05) is 12.1 Å². The summed E-state index contributed by atoms with van der Waals surface area (Å²) >= 11 is 0. The van der Waals surface area contributed by atoms with Gasteiger partial charge in [0.15, 0.2) is 5.82 Å². The minimum Gasteiger partial charge on any atom is -0.439 e. The van der Waals surface area contributed by atoms with Crippen LogP contribution in [0.2, 0.25) is 0 Å². The van der Waals surface area contributed by atoms with Crippen LogP contribution in [0.15, 0.2) is 73.1 Å². The van der Waals surface area contributed by atoms with E-state index in [0.717, 1.165) is 4.90 Å². The largest absolute Gasteiger partial charge is 0.439 e. The van der Waals surface area contributed by atoms with Crippen LogP contribution in [0.1, 0.15) is 33.5 Å². The first-order valence-corrected chi connectivity index (χ1v) is 10.8. The Bertz CT molecular complexity index is 1400. The fourth-order valence-electron chi connectivity index (χ4n) is 3.75. The number of amides is 3. The molecule has 0 saturated carbocycles. The maximum atomic E-state index is 12.8. The average Bonchev–Trinajstić information content (AvgIpc) is 3.47. The molecule has 35 heavy (non-hydrogen) atoms. The van der Waals surface area contributed by atoms with Crippen molar-refractivity contribution in [2.75, 3.05) is 5.32 Å². The van der Waals surface area contributed by atoms with Crippen LogP contribution in [-0.2, 0) is 4.79 Å². The van der Waals surface area contributed by atoms with E-state index in [1.807, 2.05) is 0 Å². The molecular formula is C25H20N6O4. The molecule has 2 aromatic heterocycles. The Kier molecular flexibility index (Phi) is 5.54. The van der Waals surface area contributed by atoms with Crippen LogP contribution in [0.5, 0.6) is 11.6 Å². The van der Waals surface area contributed by atoms with Crippen LogP contribution >= 0.6 is 0 Å². The van der Waals surface area contributed by atoms with Gasteiger partial charge in [-0.05, 0) is 56.3 Å². The van der Waals surface area contributed by atoms with Gasteiger partial charge in [0.05, 0.1) is 11.1 Å². The second-order valence-corrected chi connectivity index (χ2v) is 7.88. The average molecular weight is 468 g/mol. The van der Waals surface area contributed by atoms with Gasteiger partial charge >= 0.3 is 0 Å². The molecule has 1 N–H and O–H groups in total. The van der Waals surface area contributed by atoms with Gasteiger partial charge in [0.2, 0.25) is 11.8 Å². The Morgan fingerprint density at radius 3 is 2.29 bits per heavy atom. The van der Waals surface area contributed by atoms with E-state index >= 15 is 0 Å². The molecule has 10 heteroatoms. The van der Waals surface area contributed by atoms with E-state index in [1.54, 1.807) is 84.7 Å². The molecule has 0 bridgehead atoms. The van der Waals surface area contributed by atoms with Gasteiger partial charge in [0, 0.05) is 24.1 Å². The van der Waals surface area contributed by atoms with Crippen LogP contribution < -0.4 is 10.1 Å². The lowest BCUT2D eigenvalue weighted by Gasteiger charge is -2.21. The molecule has 3 amide bonds. The van der Waals surface area contributed by atoms with Gasteiger partial charge in [0.1, 0.15) is 17.6 Å². The number of benzene rings is 2. The van der Waals surface area contributed by atoms with Crippen molar-refractivity contribution in [3.05, 3.63) is 90.0 Å². The Balaban J connectivity index is 1.26. The van der Waals surface area contributed by atoms with Crippen LogP contribution in [0.4, 0.5) is 5.69 Å². The summed E-state index contributed by atoms with van der Waals surface area (Å²) in [6.07, 6.45) is 3.42. The van der Waals surface area contributed by atoms with Gasteiger partial charge in [-0.3, -0.25) is 19.3 Å². The van der Waals surface area contributed by atoms with E-state index in [4.69, 9.17) is 4.74 Å². The predicted molar refractivity (Wildman–Crippen MR) is 125 cm³/mol. The fourth-order valence-corrected chi connectivity index (χ4v) is 3.75. The highest BCUT2D eigenvalue weighted by molar-refractivity contribution is 6.23. The van der Waals surface area contributed by atoms with Crippen molar-refractivity contribution in [1.29, 1.82) is 0 Å². The van der Waals surface area contributed by atoms with Crippen LogP contribution in [0, 0.1) is 6.92 Å². The van der Waals surface area contributed by atoms with Crippen LogP contribution in [0.3, 0.4) is 0 Å². The molecule has 0 saturated heterocycles. The second kappa shape index (κ2) is 8.82. The summed E-state index contributed by atoms with van der Waals surface area (Å²) in [6, 6.07) is 15.7. The molecule has 1 aliphatic rings. The lowest BCUT2D eigenvalue weighted by molar-refractivity contribution is -0.119. The quantitative estimate of drug-likeness (QED) is 0.431. The topological polar surface area (TPSA) is 119 Å². The number of carbonyl (C=O) groups is 3. The van der Waals surface area contributed by atoms with Gasteiger partial charge in [-0.2, -0.15) is 10.1 Å². The molecule has 0 fully saturated rings. The molecule has 5 rings (SSSR count). The molecule has 2 aromatic carbocycles.